The lowest BCUT2D eigenvalue weighted by molar-refractivity contribution is 0.475. The molecule has 56 valence electrons. The number of fused-ring (bicyclic) bond motifs is 1. The van der Waals surface area contributed by atoms with Crippen LogP contribution in [-0.2, 0) is 0 Å². The van der Waals surface area contributed by atoms with Gasteiger partial charge in [-0.15, -0.1) is 0 Å². The highest BCUT2D eigenvalue weighted by Crippen LogP contribution is 2.22. The molecule has 2 nitrogen and oxygen atoms in total. The average Bonchev–Trinajstić information content (AvgIpc) is 2.34. The number of H-pyrrole nitrogens is 1. The Kier molecular flexibility index (Phi) is 1.15. The Morgan fingerprint density at radius 1 is 1.36 bits per heavy atom. The summed E-state index contributed by atoms with van der Waals surface area (Å²) in [5.74, 6) is 0.317. The summed E-state index contributed by atoms with van der Waals surface area (Å²) in [6.45, 7) is 1.98. The summed E-state index contributed by atoms with van der Waals surface area (Å²) in [6.07, 6.45) is 1.87. The van der Waals surface area contributed by atoms with E-state index in [4.69, 9.17) is 0 Å². The second-order valence-corrected chi connectivity index (χ2v) is 2.70. The minimum Gasteiger partial charge on any atom is -0.508 e. The standard InChI is InChI=1S/C9H9NO/c1-6-4-7(11)5-9-8(6)2-3-10-9/h2-5,10-11H,1H3. The van der Waals surface area contributed by atoms with Crippen molar-refractivity contribution < 1.29 is 5.11 Å². The summed E-state index contributed by atoms with van der Waals surface area (Å²) in [6, 6.07) is 5.49. The number of phenolic OH excluding ortho intramolecular Hbond substituents is 1. The Morgan fingerprint density at radius 2 is 2.18 bits per heavy atom. The highest BCUT2D eigenvalue weighted by atomic mass is 16.3. The lowest BCUT2D eigenvalue weighted by Crippen LogP contribution is -1.73. The summed E-state index contributed by atoms with van der Waals surface area (Å²) in [5.41, 5.74) is 2.09. The maximum atomic E-state index is 9.21. The molecule has 11 heavy (non-hydrogen) atoms. The van der Waals surface area contributed by atoms with E-state index in [9.17, 15) is 5.11 Å². The van der Waals surface area contributed by atoms with Crippen LogP contribution in [0, 0.1) is 6.92 Å². The number of nitrogens with one attached hydrogen (secondary N) is 1. The zero-order chi connectivity index (χ0) is 7.84. The van der Waals surface area contributed by atoms with Gasteiger partial charge in [0.05, 0.1) is 0 Å². The first-order chi connectivity index (χ1) is 5.27. The highest BCUT2D eigenvalue weighted by molar-refractivity contribution is 5.84. The van der Waals surface area contributed by atoms with Gasteiger partial charge >= 0.3 is 0 Å². The third kappa shape index (κ3) is 0.871. The summed E-state index contributed by atoms with van der Waals surface area (Å²) >= 11 is 0. The molecule has 1 aromatic heterocycles. The molecule has 1 heterocycles. The molecule has 0 saturated heterocycles. The molecule has 0 aliphatic carbocycles. The number of hydrogen-bond acceptors (Lipinski definition) is 1. The number of rotatable bonds is 0. The number of aromatic nitrogens is 1. The predicted molar refractivity (Wildman–Crippen MR) is 44.7 cm³/mol. The fourth-order valence-corrected chi connectivity index (χ4v) is 1.33. The highest BCUT2D eigenvalue weighted by Gasteiger charge is 1.98. The van der Waals surface area contributed by atoms with Crippen LogP contribution in [0.1, 0.15) is 5.56 Å². The predicted octanol–water partition coefficient (Wildman–Crippen LogP) is 2.18. The van der Waals surface area contributed by atoms with E-state index in [1.807, 2.05) is 19.2 Å². The zero-order valence-electron chi connectivity index (χ0n) is 6.26. The Morgan fingerprint density at radius 3 is 3.00 bits per heavy atom. The molecule has 0 spiro atoms. The van der Waals surface area contributed by atoms with Crippen molar-refractivity contribution in [2.24, 2.45) is 0 Å². The van der Waals surface area contributed by atoms with Crippen LogP contribution in [0.3, 0.4) is 0 Å². The van der Waals surface area contributed by atoms with E-state index in [1.165, 1.54) is 5.39 Å². The molecule has 0 bridgehead atoms. The molecular weight excluding hydrogens is 138 g/mol. The molecule has 2 N–H and O–H groups in total. The number of benzene rings is 1. The van der Waals surface area contributed by atoms with Crippen molar-refractivity contribution in [2.75, 3.05) is 0 Å². The number of aryl methyl sites for hydroxylation is 1. The second-order valence-electron chi connectivity index (χ2n) is 2.70. The van der Waals surface area contributed by atoms with E-state index in [1.54, 1.807) is 12.1 Å². The van der Waals surface area contributed by atoms with Gasteiger partial charge in [0, 0.05) is 23.2 Å². The van der Waals surface area contributed by atoms with E-state index in [2.05, 4.69) is 4.98 Å². The normalized spacial score (nSPS) is 10.6. The number of hydrogen-bond donors (Lipinski definition) is 2. The fraction of sp³-hybridized carbons (Fsp3) is 0.111. The fourth-order valence-electron chi connectivity index (χ4n) is 1.33. The van der Waals surface area contributed by atoms with Crippen LogP contribution in [0.4, 0.5) is 0 Å². The van der Waals surface area contributed by atoms with Gasteiger partial charge < -0.3 is 10.1 Å². The third-order valence-corrected chi connectivity index (χ3v) is 1.86. The molecule has 0 amide bonds. The van der Waals surface area contributed by atoms with Crippen molar-refractivity contribution in [1.82, 2.24) is 4.98 Å². The van der Waals surface area contributed by atoms with Crippen molar-refractivity contribution in [3.63, 3.8) is 0 Å². The Hall–Kier alpha value is -1.44. The van der Waals surface area contributed by atoms with Crippen LogP contribution in [-0.4, -0.2) is 10.1 Å². The summed E-state index contributed by atoms with van der Waals surface area (Å²) in [4.78, 5) is 3.04. The monoisotopic (exact) mass is 147 g/mol. The van der Waals surface area contributed by atoms with Gasteiger partial charge in [-0.2, -0.15) is 0 Å². The van der Waals surface area contributed by atoms with Crippen LogP contribution in [0.2, 0.25) is 0 Å². The molecule has 0 aliphatic rings. The van der Waals surface area contributed by atoms with Crippen LogP contribution < -0.4 is 0 Å². The number of aromatic hydroxyl groups is 1. The maximum absolute atomic E-state index is 9.21. The van der Waals surface area contributed by atoms with Crippen molar-refractivity contribution in [3.05, 3.63) is 30.0 Å². The molecular formula is C9H9NO. The van der Waals surface area contributed by atoms with E-state index < -0.39 is 0 Å². The zero-order valence-corrected chi connectivity index (χ0v) is 6.26. The molecule has 0 radical (unpaired) electrons. The largest absolute Gasteiger partial charge is 0.508 e. The Bertz CT molecular complexity index is 389. The average molecular weight is 147 g/mol. The molecule has 0 fully saturated rings. The molecule has 0 atom stereocenters. The van der Waals surface area contributed by atoms with Gasteiger partial charge in [-0.1, -0.05) is 0 Å². The summed E-state index contributed by atoms with van der Waals surface area (Å²) in [5, 5.41) is 10.4. The van der Waals surface area contributed by atoms with Gasteiger partial charge in [-0.25, -0.2) is 0 Å². The molecule has 2 aromatic rings. The summed E-state index contributed by atoms with van der Waals surface area (Å²) < 4.78 is 0. The SMILES string of the molecule is Cc1cc(O)cc2[nH]ccc12. The number of phenols is 1. The molecule has 0 unspecified atom stereocenters. The smallest absolute Gasteiger partial charge is 0.117 e. The van der Waals surface area contributed by atoms with Gasteiger partial charge in [-0.3, -0.25) is 0 Å². The van der Waals surface area contributed by atoms with E-state index in [0.717, 1.165) is 11.1 Å². The molecule has 2 heteroatoms. The third-order valence-electron chi connectivity index (χ3n) is 1.86. The van der Waals surface area contributed by atoms with E-state index in [-0.39, 0.29) is 0 Å². The van der Waals surface area contributed by atoms with Gasteiger partial charge in [-0.05, 0) is 24.6 Å². The maximum Gasteiger partial charge on any atom is 0.117 e. The Balaban J connectivity index is 2.91. The lowest BCUT2D eigenvalue weighted by Gasteiger charge is -1.96. The molecule has 0 saturated carbocycles. The van der Waals surface area contributed by atoms with Crippen molar-refractivity contribution in [3.8, 4) is 5.75 Å². The van der Waals surface area contributed by atoms with Crippen molar-refractivity contribution in [2.45, 2.75) is 6.92 Å². The minimum atomic E-state index is 0.317. The second kappa shape index (κ2) is 2.02. The molecule has 1 aromatic carbocycles. The van der Waals surface area contributed by atoms with E-state index in [0.29, 0.717) is 5.75 Å². The van der Waals surface area contributed by atoms with Gasteiger partial charge in [0.1, 0.15) is 5.75 Å². The van der Waals surface area contributed by atoms with Crippen molar-refractivity contribution in [1.29, 1.82) is 0 Å². The quantitative estimate of drug-likeness (QED) is 0.588. The van der Waals surface area contributed by atoms with Crippen LogP contribution in [0.5, 0.6) is 5.75 Å². The van der Waals surface area contributed by atoms with Gasteiger partial charge in [0.2, 0.25) is 0 Å². The Labute approximate surface area is 64.5 Å². The topological polar surface area (TPSA) is 36.0 Å². The first-order valence-corrected chi connectivity index (χ1v) is 3.54. The van der Waals surface area contributed by atoms with Crippen LogP contribution >= 0.6 is 0 Å². The van der Waals surface area contributed by atoms with Gasteiger partial charge in [0.25, 0.3) is 0 Å². The number of aromatic amines is 1. The lowest BCUT2D eigenvalue weighted by atomic mass is 10.1. The first kappa shape index (κ1) is 6.28. The van der Waals surface area contributed by atoms with Crippen LogP contribution in [0.25, 0.3) is 10.9 Å². The molecule has 2 rings (SSSR count). The molecule has 0 aliphatic heterocycles. The first-order valence-electron chi connectivity index (χ1n) is 3.54. The van der Waals surface area contributed by atoms with Crippen molar-refractivity contribution >= 4 is 10.9 Å². The van der Waals surface area contributed by atoms with Crippen LogP contribution in [0.15, 0.2) is 24.4 Å². The summed E-state index contributed by atoms with van der Waals surface area (Å²) in [7, 11) is 0. The van der Waals surface area contributed by atoms with E-state index >= 15 is 0 Å². The minimum absolute atomic E-state index is 0.317. The van der Waals surface area contributed by atoms with Gasteiger partial charge in [0.15, 0.2) is 0 Å².